The van der Waals surface area contributed by atoms with Gasteiger partial charge in [-0.25, -0.2) is 4.98 Å². The maximum absolute atomic E-state index is 12.6. The standard InChI is InChI=1S/C17H17N5O/c18-14-3-1-2-10-8-11(4-5-12(10)14)17(23)21-15-6-7-19-16-13(15)9-20-22-16/h4-9,14H,1-3,18H2,(H2,19,20,21,22,23)/t14-/m1/s1. The van der Waals surface area contributed by atoms with Crippen LogP contribution in [0.3, 0.4) is 0 Å². The second-order valence-corrected chi connectivity index (χ2v) is 5.86. The third-order valence-electron chi connectivity index (χ3n) is 4.37. The van der Waals surface area contributed by atoms with Crippen LogP contribution in [0.4, 0.5) is 5.69 Å². The Kier molecular flexibility index (Phi) is 3.31. The number of amides is 1. The van der Waals surface area contributed by atoms with Crippen LogP contribution in [0.5, 0.6) is 0 Å². The molecule has 4 rings (SSSR count). The van der Waals surface area contributed by atoms with Crippen molar-refractivity contribution in [2.45, 2.75) is 25.3 Å². The van der Waals surface area contributed by atoms with E-state index in [0.29, 0.717) is 16.9 Å². The fraction of sp³-hybridized carbons (Fsp3) is 0.235. The fourth-order valence-electron chi connectivity index (χ4n) is 3.15. The van der Waals surface area contributed by atoms with Crippen LogP contribution in [0.15, 0.2) is 36.7 Å². The number of benzene rings is 1. The molecule has 0 aliphatic heterocycles. The molecule has 1 atom stereocenters. The van der Waals surface area contributed by atoms with E-state index in [2.05, 4.69) is 20.5 Å². The first-order valence-corrected chi connectivity index (χ1v) is 7.70. The summed E-state index contributed by atoms with van der Waals surface area (Å²) in [5.41, 5.74) is 10.5. The zero-order valence-corrected chi connectivity index (χ0v) is 12.5. The average Bonchev–Trinajstić information content (AvgIpc) is 3.04. The monoisotopic (exact) mass is 307 g/mol. The topological polar surface area (TPSA) is 96.7 Å². The van der Waals surface area contributed by atoms with E-state index in [0.717, 1.165) is 30.2 Å². The molecule has 3 aromatic rings. The van der Waals surface area contributed by atoms with Gasteiger partial charge in [-0.1, -0.05) is 6.07 Å². The molecule has 6 heteroatoms. The van der Waals surface area contributed by atoms with Gasteiger partial charge in [0.2, 0.25) is 0 Å². The Morgan fingerprint density at radius 3 is 3.17 bits per heavy atom. The van der Waals surface area contributed by atoms with Gasteiger partial charge >= 0.3 is 0 Å². The number of carbonyl (C=O) groups is 1. The first-order chi connectivity index (χ1) is 11.2. The predicted octanol–water partition coefficient (Wildman–Crippen LogP) is 2.55. The quantitative estimate of drug-likeness (QED) is 0.678. The van der Waals surface area contributed by atoms with Crippen molar-refractivity contribution in [1.82, 2.24) is 15.2 Å². The number of nitrogens with one attached hydrogen (secondary N) is 2. The van der Waals surface area contributed by atoms with Crippen LogP contribution >= 0.6 is 0 Å². The molecule has 1 aliphatic rings. The van der Waals surface area contributed by atoms with Crippen LogP contribution < -0.4 is 11.1 Å². The Labute approximate surface area is 133 Å². The number of anilines is 1. The molecule has 4 N–H and O–H groups in total. The van der Waals surface area contributed by atoms with E-state index in [-0.39, 0.29) is 11.9 Å². The van der Waals surface area contributed by atoms with Crippen LogP contribution in [-0.2, 0) is 6.42 Å². The third-order valence-corrected chi connectivity index (χ3v) is 4.37. The molecule has 0 bridgehead atoms. The van der Waals surface area contributed by atoms with Crippen LogP contribution in [0.1, 0.15) is 40.4 Å². The molecule has 2 aromatic heterocycles. The number of aryl methyl sites for hydroxylation is 1. The van der Waals surface area contributed by atoms with E-state index in [1.54, 1.807) is 18.5 Å². The van der Waals surface area contributed by atoms with Gasteiger partial charge in [-0.05, 0) is 48.6 Å². The Morgan fingerprint density at radius 1 is 1.35 bits per heavy atom. The van der Waals surface area contributed by atoms with Crippen LogP contribution in [-0.4, -0.2) is 21.1 Å². The van der Waals surface area contributed by atoms with E-state index in [1.165, 1.54) is 5.56 Å². The molecular weight excluding hydrogens is 290 g/mol. The summed E-state index contributed by atoms with van der Waals surface area (Å²) in [6.07, 6.45) is 6.35. The highest BCUT2D eigenvalue weighted by Crippen LogP contribution is 2.29. The molecule has 0 saturated carbocycles. The van der Waals surface area contributed by atoms with Crippen molar-refractivity contribution in [3.8, 4) is 0 Å². The number of hydrogen-bond acceptors (Lipinski definition) is 4. The van der Waals surface area contributed by atoms with Gasteiger partial charge in [-0.15, -0.1) is 0 Å². The summed E-state index contributed by atoms with van der Waals surface area (Å²) in [5.74, 6) is -0.138. The molecule has 0 fully saturated rings. The van der Waals surface area contributed by atoms with Crippen LogP contribution in [0.25, 0.3) is 11.0 Å². The number of H-pyrrole nitrogens is 1. The second-order valence-electron chi connectivity index (χ2n) is 5.86. The van der Waals surface area contributed by atoms with Gasteiger partial charge in [-0.2, -0.15) is 5.10 Å². The molecule has 1 amide bonds. The van der Waals surface area contributed by atoms with Crippen molar-refractivity contribution in [3.63, 3.8) is 0 Å². The minimum absolute atomic E-state index is 0.0848. The molecular formula is C17H17N5O. The van der Waals surface area contributed by atoms with Crippen molar-refractivity contribution in [2.24, 2.45) is 5.73 Å². The lowest BCUT2D eigenvalue weighted by Crippen LogP contribution is -2.19. The Morgan fingerprint density at radius 2 is 2.26 bits per heavy atom. The van der Waals surface area contributed by atoms with E-state index in [1.807, 2.05) is 18.2 Å². The highest BCUT2D eigenvalue weighted by Gasteiger charge is 2.18. The highest BCUT2D eigenvalue weighted by atomic mass is 16.1. The molecule has 0 unspecified atom stereocenters. The fourth-order valence-corrected chi connectivity index (χ4v) is 3.15. The molecule has 116 valence electrons. The van der Waals surface area contributed by atoms with Crippen molar-refractivity contribution in [1.29, 1.82) is 0 Å². The first kappa shape index (κ1) is 13.9. The summed E-state index contributed by atoms with van der Waals surface area (Å²) < 4.78 is 0. The molecule has 0 saturated heterocycles. The smallest absolute Gasteiger partial charge is 0.255 e. The van der Waals surface area contributed by atoms with Crippen LogP contribution in [0, 0.1) is 0 Å². The summed E-state index contributed by atoms with van der Waals surface area (Å²) in [6.45, 7) is 0. The zero-order chi connectivity index (χ0) is 15.8. The molecule has 23 heavy (non-hydrogen) atoms. The molecule has 0 spiro atoms. The van der Waals surface area contributed by atoms with Gasteiger partial charge in [0.25, 0.3) is 5.91 Å². The first-order valence-electron chi connectivity index (χ1n) is 7.70. The van der Waals surface area contributed by atoms with Crippen molar-refractivity contribution < 1.29 is 4.79 Å². The van der Waals surface area contributed by atoms with Crippen molar-refractivity contribution in [2.75, 3.05) is 5.32 Å². The van der Waals surface area contributed by atoms with Gasteiger partial charge < -0.3 is 11.1 Å². The molecule has 2 heterocycles. The number of rotatable bonds is 2. The molecule has 0 radical (unpaired) electrons. The van der Waals surface area contributed by atoms with Crippen LogP contribution in [0.2, 0.25) is 0 Å². The zero-order valence-electron chi connectivity index (χ0n) is 12.5. The summed E-state index contributed by atoms with van der Waals surface area (Å²) in [5, 5.41) is 10.5. The lowest BCUT2D eigenvalue weighted by Gasteiger charge is -2.22. The lowest BCUT2D eigenvalue weighted by molar-refractivity contribution is 0.102. The van der Waals surface area contributed by atoms with Gasteiger partial charge in [0.15, 0.2) is 5.65 Å². The number of nitrogens with two attached hydrogens (primary N) is 1. The number of pyridine rings is 1. The van der Waals surface area contributed by atoms with Gasteiger partial charge in [0.1, 0.15) is 0 Å². The number of fused-ring (bicyclic) bond motifs is 2. The predicted molar refractivity (Wildman–Crippen MR) is 88.2 cm³/mol. The summed E-state index contributed by atoms with van der Waals surface area (Å²) in [6, 6.07) is 7.63. The van der Waals surface area contributed by atoms with Gasteiger partial charge in [0, 0.05) is 17.8 Å². The molecule has 6 nitrogen and oxygen atoms in total. The molecule has 1 aromatic carbocycles. The van der Waals surface area contributed by atoms with E-state index >= 15 is 0 Å². The largest absolute Gasteiger partial charge is 0.324 e. The summed E-state index contributed by atoms with van der Waals surface area (Å²) in [7, 11) is 0. The third kappa shape index (κ3) is 2.47. The minimum atomic E-state index is -0.138. The maximum atomic E-state index is 12.6. The van der Waals surface area contributed by atoms with E-state index in [9.17, 15) is 4.79 Å². The van der Waals surface area contributed by atoms with E-state index < -0.39 is 0 Å². The highest BCUT2D eigenvalue weighted by molar-refractivity contribution is 6.08. The molecule has 1 aliphatic carbocycles. The number of hydrogen-bond donors (Lipinski definition) is 3. The number of aromatic nitrogens is 3. The average molecular weight is 307 g/mol. The second kappa shape index (κ2) is 5.48. The minimum Gasteiger partial charge on any atom is -0.324 e. The van der Waals surface area contributed by atoms with E-state index in [4.69, 9.17) is 5.73 Å². The van der Waals surface area contributed by atoms with Gasteiger partial charge in [-0.3, -0.25) is 9.89 Å². The lowest BCUT2D eigenvalue weighted by atomic mass is 9.87. The normalized spacial score (nSPS) is 17.0. The number of carbonyl (C=O) groups excluding carboxylic acids is 1. The summed E-state index contributed by atoms with van der Waals surface area (Å²) >= 11 is 0. The Bertz CT molecular complexity index is 886. The van der Waals surface area contributed by atoms with Crippen molar-refractivity contribution in [3.05, 3.63) is 53.3 Å². The number of nitrogens with zero attached hydrogens (tertiary/aromatic N) is 2. The Hall–Kier alpha value is -2.73. The van der Waals surface area contributed by atoms with Crippen molar-refractivity contribution >= 4 is 22.6 Å². The van der Waals surface area contributed by atoms with Gasteiger partial charge in [0.05, 0.1) is 17.3 Å². The maximum Gasteiger partial charge on any atom is 0.255 e. The summed E-state index contributed by atoms with van der Waals surface area (Å²) in [4.78, 5) is 16.7. The Balaban J connectivity index is 1.63. The SMILES string of the molecule is N[C@@H]1CCCc2cc(C(=O)Nc3ccnc4[nH]ncc34)ccc21. The number of aromatic amines is 1.